The highest BCUT2D eigenvalue weighted by Gasteiger charge is 2.19. The number of rotatable bonds is 4. The molecule has 0 spiro atoms. The van der Waals surface area contributed by atoms with Gasteiger partial charge in [-0.2, -0.15) is 0 Å². The van der Waals surface area contributed by atoms with E-state index in [1.165, 1.54) is 18.2 Å². The molecule has 120 valence electrons. The SMILES string of the molecule is Nc1cc(C(=O)N(Cc2ccccc2)c2ccccc2)ccc1F. The molecule has 3 aromatic rings. The van der Waals surface area contributed by atoms with Crippen LogP contribution in [0.2, 0.25) is 0 Å². The number of para-hydroxylation sites is 1. The lowest BCUT2D eigenvalue weighted by atomic mass is 10.1. The first-order valence-electron chi connectivity index (χ1n) is 7.61. The average Bonchev–Trinajstić information content (AvgIpc) is 2.63. The summed E-state index contributed by atoms with van der Waals surface area (Å²) in [6.45, 7) is 0.418. The number of nitrogens with two attached hydrogens (primary N) is 1. The van der Waals surface area contributed by atoms with E-state index in [4.69, 9.17) is 5.73 Å². The molecule has 0 atom stereocenters. The van der Waals surface area contributed by atoms with Crippen molar-refractivity contribution in [2.45, 2.75) is 6.54 Å². The van der Waals surface area contributed by atoms with E-state index in [2.05, 4.69) is 0 Å². The highest BCUT2D eigenvalue weighted by Crippen LogP contribution is 2.21. The summed E-state index contributed by atoms with van der Waals surface area (Å²) in [6, 6.07) is 23.1. The molecular weight excluding hydrogens is 303 g/mol. The van der Waals surface area contributed by atoms with E-state index in [9.17, 15) is 9.18 Å². The maximum atomic E-state index is 13.4. The Hall–Kier alpha value is -3.14. The molecule has 0 unspecified atom stereocenters. The zero-order chi connectivity index (χ0) is 16.9. The molecule has 0 saturated heterocycles. The number of hydrogen-bond donors (Lipinski definition) is 1. The van der Waals surface area contributed by atoms with Crippen LogP contribution in [0.5, 0.6) is 0 Å². The Labute approximate surface area is 140 Å². The number of benzene rings is 3. The summed E-state index contributed by atoms with van der Waals surface area (Å²) in [7, 11) is 0. The Morgan fingerprint density at radius 2 is 1.54 bits per heavy atom. The van der Waals surface area contributed by atoms with E-state index < -0.39 is 5.82 Å². The lowest BCUT2D eigenvalue weighted by molar-refractivity contribution is 0.0985. The van der Waals surface area contributed by atoms with Gasteiger partial charge in [-0.15, -0.1) is 0 Å². The van der Waals surface area contributed by atoms with Gasteiger partial charge in [0.1, 0.15) is 5.82 Å². The van der Waals surface area contributed by atoms with Gasteiger partial charge in [-0.3, -0.25) is 4.79 Å². The third-order valence-corrected chi connectivity index (χ3v) is 3.74. The molecule has 0 saturated carbocycles. The van der Waals surface area contributed by atoms with Gasteiger partial charge < -0.3 is 10.6 Å². The first-order valence-corrected chi connectivity index (χ1v) is 7.61. The van der Waals surface area contributed by atoms with Gasteiger partial charge in [0.05, 0.1) is 12.2 Å². The Morgan fingerprint density at radius 1 is 0.917 bits per heavy atom. The normalized spacial score (nSPS) is 10.4. The van der Waals surface area contributed by atoms with Crippen LogP contribution in [0.3, 0.4) is 0 Å². The van der Waals surface area contributed by atoms with Gasteiger partial charge in [-0.05, 0) is 35.9 Å². The smallest absolute Gasteiger partial charge is 0.258 e. The predicted octanol–water partition coefficient (Wildman–Crippen LogP) is 4.25. The van der Waals surface area contributed by atoms with Crippen molar-refractivity contribution in [1.82, 2.24) is 0 Å². The summed E-state index contributed by atoms with van der Waals surface area (Å²) >= 11 is 0. The van der Waals surface area contributed by atoms with Gasteiger partial charge in [-0.25, -0.2) is 4.39 Å². The fraction of sp³-hybridized carbons (Fsp3) is 0.0500. The third-order valence-electron chi connectivity index (χ3n) is 3.74. The summed E-state index contributed by atoms with van der Waals surface area (Å²) in [4.78, 5) is 14.6. The van der Waals surface area contributed by atoms with Gasteiger partial charge in [-0.1, -0.05) is 48.5 Å². The predicted molar refractivity (Wildman–Crippen MR) is 94.2 cm³/mol. The second kappa shape index (κ2) is 6.96. The molecule has 0 aliphatic carbocycles. The van der Waals surface area contributed by atoms with E-state index >= 15 is 0 Å². The molecular formula is C20H17FN2O. The number of hydrogen-bond acceptors (Lipinski definition) is 2. The van der Waals surface area contributed by atoms with Crippen molar-refractivity contribution in [1.29, 1.82) is 0 Å². The van der Waals surface area contributed by atoms with Gasteiger partial charge in [0.2, 0.25) is 0 Å². The quantitative estimate of drug-likeness (QED) is 0.730. The van der Waals surface area contributed by atoms with Crippen LogP contribution in [0, 0.1) is 5.82 Å². The number of carbonyl (C=O) groups is 1. The Bertz CT molecular complexity index is 835. The number of anilines is 2. The van der Waals surface area contributed by atoms with Crippen LogP contribution in [0.1, 0.15) is 15.9 Å². The van der Waals surface area contributed by atoms with E-state index in [1.54, 1.807) is 4.90 Å². The summed E-state index contributed by atoms with van der Waals surface area (Å²) in [6.07, 6.45) is 0. The number of amides is 1. The van der Waals surface area contributed by atoms with Crippen molar-refractivity contribution in [3.05, 3.63) is 95.8 Å². The van der Waals surface area contributed by atoms with Gasteiger partial charge in [0, 0.05) is 11.3 Å². The molecule has 0 aromatic heterocycles. The van der Waals surface area contributed by atoms with Gasteiger partial charge >= 0.3 is 0 Å². The minimum atomic E-state index is -0.527. The highest BCUT2D eigenvalue weighted by molar-refractivity contribution is 6.06. The molecule has 0 radical (unpaired) electrons. The average molecular weight is 320 g/mol. The molecule has 4 heteroatoms. The summed E-state index contributed by atoms with van der Waals surface area (Å²) in [5.41, 5.74) is 7.70. The first-order chi connectivity index (χ1) is 11.6. The van der Waals surface area contributed by atoms with Crippen molar-refractivity contribution in [3.63, 3.8) is 0 Å². The third kappa shape index (κ3) is 3.43. The van der Waals surface area contributed by atoms with Crippen molar-refractivity contribution < 1.29 is 9.18 Å². The zero-order valence-electron chi connectivity index (χ0n) is 13.0. The standard InChI is InChI=1S/C20H17FN2O/c21-18-12-11-16(13-19(18)22)20(24)23(17-9-5-2-6-10-17)14-15-7-3-1-4-8-15/h1-13H,14,22H2. The molecule has 3 aromatic carbocycles. The largest absolute Gasteiger partial charge is 0.396 e. The molecule has 0 aliphatic rings. The minimum absolute atomic E-state index is 0.0337. The molecule has 0 bridgehead atoms. The van der Waals surface area contributed by atoms with E-state index in [0.717, 1.165) is 11.3 Å². The molecule has 3 nitrogen and oxygen atoms in total. The molecule has 3 rings (SSSR count). The maximum absolute atomic E-state index is 13.4. The monoisotopic (exact) mass is 320 g/mol. The van der Waals surface area contributed by atoms with Crippen molar-refractivity contribution >= 4 is 17.3 Å². The van der Waals surface area contributed by atoms with Crippen LogP contribution in [0.4, 0.5) is 15.8 Å². The Morgan fingerprint density at radius 3 is 2.17 bits per heavy atom. The van der Waals surface area contributed by atoms with E-state index in [1.807, 2.05) is 60.7 Å². The second-order valence-corrected chi connectivity index (χ2v) is 5.45. The van der Waals surface area contributed by atoms with Crippen LogP contribution >= 0.6 is 0 Å². The Balaban J connectivity index is 1.97. The molecule has 24 heavy (non-hydrogen) atoms. The van der Waals surface area contributed by atoms with Crippen LogP contribution in [0.25, 0.3) is 0 Å². The molecule has 1 amide bonds. The van der Waals surface area contributed by atoms with Crippen LogP contribution in [-0.2, 0) is 6.54 Å². The fourth-order valence-electron chi connectivity index (χ4n) is 2.49. The number of nitrogen functional groups attached to an aromatic ring is 1. The Kier molecular flexibility index (Phi) is 4.57. The lowest BCUT2D eigenvalue weighted by Gasteiger charge is -2.23. The first kappa shape index (κ1) is 15.7. The summed E-state index contributed by atoms with van der Waals surface area (Å²) in [5.74, 6) is -0.752. The summed E-state index contributed by atoms with van der Waals surface area (Å²) in [5, 5.41) is 0. The van der Waals surface area contributed by atoms with E-state index in [-0.39, 0.29) is 11.6 Å². The van der Waals surface area contributed by atoms with Crippen molar-refractivity contribution in [3.8, 4) is 0 Å². The molecule has 0 fully saturated rings. The maximum Gasteiger partial charge on any atom is 0.258 e. The van der Waals surface area contributed by atoms with Crippen molar-refractivity contribution in [2.75, 3.05) is 10.6 Å². The topological polar surface area (TPSA) is 46.3 Å². The fourth-order valence-corrected chi connectivity index (χ4v) is 2.49. The van der Waals surface area contributed by atoms with Crippen LogP contribution in [-0.4, -0.2) is 5.91 Å². The van der Waals surface area contributed by atoms with Gasteiger partial charge in [0.15, 0.2) is 0 Å². The number of halogens is 1. The minimum Gasteiger partial charge on any atom is -0.396 e. The zero-order valence-corrected chi connectivity index (χ0v) is 13.0. The van der Waals surface area contributed by atoms with Crippen LogP contribution in [0.15, 0.2) is 78.9 Å². The van der Waals surface area contributed by atoms with Crippen molar-refractivity contribution in [2.24, 2.45) is 0 Å². The molecule has 0 aliphatic heterocycles. The molecule has 0 heterocycles. The van der Waals surface area contributed by atoms with Gasteiger partial charge in [0.25, 0.3) is 5.91 Å². The summed E-state index contributed by atoms with van der Waals surface area (Å²) < 4.78 is 13.4. The number of nitrogens with zero attached hydrogens (tertiary/aromatic N) is 1. The number of carbonyl (C=O) groups excluding carboxylic acids is 1. The van der Waals surface area contributed by atoms with E-state index in [0.29, 0.717) is 12.1 Å². The lowest BCUT2D eigenvalue weighted by Crippen LogP contribution is -2.30. The molecule has 2 N–H and O–H groups in total. The van der Waals surface area contributed by atoms with Crippen LogP contribution < -0.4 is 10.6 Å². The second-order valence-electron chi connectivity index (χ2n) is 5.45. The highest BCUT2D eigenvalue weighted by atomic mass is 19.1.